The van der Waals surface area contributed by atoms with Gasteiger partial charge >= 0.3 is 11.9 Å². The Morgan fingerprint density at radius 2 is 1.91 bits per heavy atom. The molecule has 130 valence electrons. The zero-order valence-corrected chi connectivity index (χ0v) is 14.3. The number of carbonyl (C=O) groups excluding carboxylic acids is 2. The first-order valence-electron chi connectivity index (χ1n) is 8.51. The Balaban J connectivity index is 2.65. The topological polar surface area (TPSA) is 61.8 Å². The molecule has 1 heterocycles. The minimum Gasteiger partial charge on any atom is -0.482 e. The fraction of sp³-hybridized carbons (Fsp3) is 0.667. The van der Waals surface area contributed by atoms with Crippen LogP contribution in [0.4, 0.5) is 0 Å². The molecule has 0 amide bonds. The molecule has 0 saturated heterocycles. The van der Waals surface area contributed by atoms with E-state index in [-0.39, 0.29) is 24.5 Å². The van der Waals surface area contributed by atoms with E-state index in [0.29, 0.717) is 6.42 Å². The van der Waals surface area contributed by atoms with Crippen LogP contribution < -0.4 is 0 Å². The average Bonchev–Trinajstić information content (AvgIpc) is 2.84. The molecule has 23 heavy (non-hydrogen) atoms. The van der Waals surface area contributed by atoms with E-state index in [2.05, 4.69) is 13.5 Å². The molecule has 1 aliphatic heterocycles. The average molecular weight is 324 g/mol. The maximum Gasteiger partial charge on any atom is 0.374 e. The lowest BCUT2D eigenvalue weighted by Crippen LogP contribution is -2.20. The Morgan fingerprint density at radius 1 is 1.22 bits per heavy atom. The molecule has 0 radical (unpaired) electrons. The Morgan fingerprint density at radius 3 is 2.57 bits per heavy atom. The van der Waals surface area contributed by atoms with Gasteiger partial charge < -0.3 is 14.2 Å². The van der Waals surface area contributed by atoms with Crippen LogP contribution in [0.3, 0.4) is 0 Å². The van der Waals surface area contributed by atoms with Crippen molar-refractivity contribution in [1.29, 1.82) is 0 Å². The highest BCUT2D eigenvalue weighted by atomic mass is 16.6. The molecule has 0 N–H and O–H groups in total. The highest BCUT2D eigenvalue weighted by molar-refractivity contribution is 6.03. The highest BCUT2D eigenvalue weighted by Crippen LogP contribution is 2.28. The van der Waals surface area contributed by atoms with Gasteiger partial charge in [-0.3, -0.25) is 0 Å². The number of cyclic esters (lactones) is 1. The van der Waals surface area contributed by atoms with Gasteiger partial charge in [0.25, 0.3) is 0 Å². The summed E-state index contributed by atoms with van der Waals surface area (Å²) in [6, 6.07) is 0. The van der Waals surface area contributed by atoms with Crippen LogP contribution in [0.5, 0.6) is 0 Å². The summed E-state index contributed by atoms with van der Waals surface area (Å²) in [5.74, 6) is -1.15. The molecule has 0 aromatic carbocycles. The van der Waals surface area contributed by atoms with E-state index >= 15 is 0 Å². The van der Waals surface area contributed by atoms with Gasteiger partial charge in [0.1, 0.15) is 18.3 Å². The van der Waals surface area contributed by atoms with Gasteiger partial charge in [0.2, 0.25) is 5.76 Å². The molecule has 1 aliphatic rings. The van der Waals surface area contributed by atoms with E-state index in [1.165, 1.54) is 25.3 Å². The monoisotopic (exact) mass is 324 g/mol. The minimum atomic E-state index is -0.592. The van der Waals surface area contributed by atoms with Crippen LogP contribution in [-0.2, 0) is 23.8 Å². The second-order valence-electron chi connectivity index (χ2n) is 5.51. The minimum absolute atomic E-state index is 0.0284. The van der Waals surface area contributed by atoms with Crippen molar-refractivity contribution in [2.45, 2.75) is 64.9 Å². The largest absolute Gasteiger partial charge is 0.482 e. The molecule has 5 heteroatoms. The summed E-state index contributed by atoms with van der Waals surface area (Å²) in [5, 5.41) is 0. The van der Waals surface area contributed by atoms with Crippen molar-refractivity contribution in [3.05, 3.63) is 24.0 Å². The van der Waals surface area contributed by atoms with Crippen LogP contribution in [0, 0.1) is 0 Å². The standard InChI is InChI=1S/C18H28O5/c1-4-7-8-9-10-11-12-14-15(17(19)21-6-3)16(18(20)23-14)22-13-5-2/h5,14H,2,4,6-13H2,1,3H3. The lowest BCUT2D eigenvalue weighted by molar-refractivity contribution is -0.143. The zero-order chi connectivity index (χ0) is 17.1. The third-order valence-electron chi connectivity index (χ3n) is 3.66. The van der Waals surface area contributed by atoms with Crippen molar-refractivity contribution in [2.75, 3.05) is 13.2 Å². The van der Waals surface area contributed by atoms with Gasteiger partial charge in [0, 0.05) is 0 Å². The van der Waals surface area contributed by atoms with Crippen molar-refractivity contribution < 1.29 is 23.8 Å². The molecular formula is C18H28O5. The van der Waals surface area contributed by atoms with E-state index in [1.54, 1.807) is 6.92 Å². The first-order chi connectivity index (χ1) is 11.2. The van der Waals surface area contributed by atoms with Gasteiger partial charge in [0.05, 0.1) is 6.61 Å². The number of hydrogen-bond acceptors (Lipinski definition) is 5. The quantitative estimate of drug-likeness (QED) is 0.311. The lowest BCUT2D eigenvalue weighted by atomic mass is 10.0. The molecule has 0 fully saturated rings. The summed E-state index contributed by atoms with van der Waals surface area (Å²) in [5.41, 5.74) is 0.215. The van der Waals surface area contributed by atoms with Gasteiger partial charge in [-0.15, -0.1) is 0 Å². The molecule has 1 atom stereocenters. The Kier molecular flexibility index (Phi) is 9.10. The smallest absolute Gasteiger partial charge is 0.374 e. The van der Waals surface area contributed by atoms with Gasteiger partial charge in [-0.05, 0) is 19.8 Å². The fourth-order valence-corrected chi connectivity index (χ4v) is 2.52. The fourth-order valence-electron chi connectivity index (χ4n) is 2.52. The summed E-state index contributed by atoms with van der Waals surface area (Å²) in [4.78, 5) is 24.1. The zero-order valence-electron chi connectivity index (χ0n) is 14.3. The van der Waals surface area contributed by atoms with Gasteiger partial charge in [0.15, 0.2) is 0 Å². The number of ether oxygens (including phenoxy) is 3. The van der Waals surface area contributed by atoms with Crippen LogP contribution in [0.15, 0.2) is 24.0 Å². The number of carbonyl (C=O) groups is 2. The third kappa shape index (κ3) is 6.08. The molecule has 0 saturated carbocycles. The number of hydrogen-bond donors (Lipinski definition) is 0. The van der Waals surface area contributed by atoms with E-state index in [9.17, 15) is 9.59 Å². The number of esters is 2. The van der Waals surface area contributed by atoms with E-state index < -0.39 is 18.0 Å². The van der Waals surface area contributed by atoms with Crippen LogP contribution in [0.25, 0.3) is 0 Å². The second kappa shape index (κ2) is 10.9. The molecule has 0 aliphatic carbocycles. The molecular weight excluding hydrogens is 296 g/mol. The maximum absolute atomic E-state index is 12.1. The van der Waals surface area contributed by atoms with Gasteiger partial charge in [-0.2, -0.15) is 0 Å². The van der Waals surface area contributed by atoms with Crippen LogP contribution in [0.1, 0.15) is 58.8 Å². The highest BCUT2D eigenvalue weighted by Gasteiger charge is 2.40. The van der Waals surface area contributed by atoms with Crippen molar-refractivity contribution in [3.8, 4) is 0 Å². The molecule has 0 bridgehead atoms. The predicted molar refractivity (Wildman–Crippen MR) is 87.7 cm³/mol. The van der Waals surface area contributed by atoms with Gasteiger partial charge in [-0.1, -0.05) is 51.7 Å². The Bertz CT molecular complexity index is 439. The second-order valence-corrected chi connectivity index (χ2v) is 5.51. The number of rotatable bonds is 12. The Labute approximate surface area is 138 Å². The van der Waals surface area contributed by atoms with Gasteiger partial charge in [-0.25, -0.2) is 9.59 Å². The van der Waals surface area contributed by atoms with Crippen LogP contribution in [-0.4, -0.2) is 31.3 Å². The van der Waals surface area contributed by atoms with Crippen molar-refractivity contribution in [1.82, 2.24) is 0 Å². The summed E-state index contributed by atoms with van der Waals surface area (Å²) in [6.45, 7) is 7.84. The Hall–Kier alpha value is -1.78. The van der Waals surface area contributed by atoms with E-state index in [0.717, 1.165) is 19.3 Å². The number of unbranched alkanes of at least 4 members (excludes halogenated alkanes) is 5. The van der Waals surface area contributed by atoms with Crippen molar-refractivity contribution in [3.63, 3.8) is 0 Å². The summed E-state index contributed by atoms with van der Waals surface area (Å²) < 4.78 is 15.7. The van der Waals surface area contributed by atoms with E-state index in [4.69, 9.17) is 14.2 Å². The summed E-state index contributed by atoms with van der Waals surface area (Å²) in [6.07, 6.45) is 8.37. The van der Waals surface area contributed by atoms with Crippen molar-refractivity contribution in [2.24, 2.45) is 0 Å². The van der Waals surface area contributed by atoms with Crippen LogP contribution in [0.2, 0.25) is 0 Å². The lowest BCUT2D eigenvalue weighted by Gasteiger charge is -2.12. The maximum atomic E-state index is 12.1. The third-order valence-corrected chi connectivity index (χ3v) is 3.66. The predicted octanol–water partition coefficient (Wildman–Crippen LogP) is 3.68. The molecule has 1 unspecified atom stereocenters. The SMILES string of the molecule is C=CCOC1=C(C(=O)OCC)C(CCCCCCCC)OC1=O. The normalized spacial score (nSPS) is 17.1. The van der Waals surface area contributed by atoms with Crippen molar-refractivity contribution >= 4 is 11.9 Å². The molecule has 0 spiro atoms. The molecule has 5 nitrogen and oxygen atoms in total. The van der Waals surface area contributed by atoms with Crippen LogP contribution >= 0.6 is 0 Å². The van der Waals surface area contributed by atoms with E-state index in [1.807, 2.05) is 0 Å². The molecule has 1 rings (SSSR count). The molecule has 0 aromatic heterocycles. The summed E-state index contributed by atoms with van der Waals surface area (Å²) >= 11 is 0. The molecule has 0 aromatic rings. The summed E-state index contributed by atoms with van der Waals surface area (Å²) in [7, 11) is 0. The first kappa shape index (κ1) is 19.3. The first-order valence-corrected chi connectivity index (χ1v) is 8.51.